The van der Waals surface area contributed by atoms with Crippen LogP contribution in [0.3, 0.4) is 0 Å². The van der Waals surface area contributed by atoms with Crippen LogP contribution in [0.4, 0.5) is 4.79 Å². The van der Waals surface area contributed by atoms with Gasteiger partial charge < -0.3 is 4.74 Å². The van der Waals surface area contributed by atoms with Crippen molar-refractivity contribution in [3.05, 3.63) is 28.7 Å². The normalized spacial score (nSPS) is 9.18. The highest BCUT2D eigenvalue weighted by atomic mass is 79.9. The fourth-order valence-electron chi connectivity index (χ4n) is 0.599. The number of halogens is 1. The van der Waals surface area contributed by atoms with Gasteiger partial charge in [0.25, 0.3) is 0 Å². The summed E-state index contributed by atoms with van der Waals surface area (Å²) in [6.45, 7) is 0. The number of rotatable bonds is 1. The van der Waals surface area contributed by atoms with Gasteiger partial charge in [-0.1, -0.05) is 15.9 Å². The van der Waals surface area contributed by atoms with Gasteiger partial charge in [-0.15, -0.1) is 0 Å². The zero-order valence-electron chi connectivity index (χ0n) is 5.41. The first-order valence-electron chi connectivity index (χ1n) is 2.83. The van der Waals surface area contributed by atoms with E-state index in [1.807, 2.05) is 0 Å². The van der Waals surface area contributed by atoms with E-state index in [0.29, 0.717) is 0 Å². The van der Waals surface area contributed by atoms with Crippen molar-refractivity contribution >= 4 is 22.1 Å². The maximum atomic E-state index is 9.91. The first-order chi connectivity index (χ1) is 5.18. The molecule has 0 amide bonds. The van der Waals surface area contributed by atoms with Gasteiger partial charge in [0.2, 0.25) is 0 Å². The third-order valence-electron chi connectivity index (χ3n) is 1.01. The van der Waals surface area contributed by atoms with Crippen LogP contribution in [0.25, 0.3) is 0 Å². The number of benzene rings is 1. The summed E-state index contributed by atoms with van der Waals surface area (Å²) in [6, 6.07) is 6.41. The Morgan fingerprint density at radius 1 is 1.27 bits per heavy atom. The molecule has 0 heterocycles. The summed E-state index contributed by atoms with van der Waals surface area (Å²) in [5.41, 5.74) is 0. The molecular weight excluding hydrogens is 212 g/mol. The third-order valence-corrected chi connectivity index (χ3v) is 1.54. The Hall–Kier alpha value is -1.03. The largest absolute Gasteiger partial charge is 0.555 e. The predicted octanol–water partition coefficient (Wildman–Crippen LogP) is 2.38. The molecule has 0 unspecified atom stereocenters. The van der Waals surface area contributed by atoms with Crippen molar-refractivity contribution in [1.82, 2.24) is 0 Å². The topological polar surface area (TPSA) is 46.2 Å². The molecule has 0 saturated heterocycles. The number of carbonyl (C=O) groups is 1. The van der Waals surface area contributed by atoms with Crippen molar-refractivity contribution in [3.63, 3.8) is 0 Å². The summed E-state index contributed by atoms with van der Waals surface area (Å²) >= 11 is 3.19. The first kappa shape index (κ1) is 8.07. The highest BCUT2D eigenvalue weighted by Gasteiger charge is 2.00. The lowest BCUT2D eigenvalue weighted by molar-refractivity contribution is 0.117. The monoisotopic (exact) mass is 215 g/mol. The minimum Gasteiger partial charge on any atom is -0.392 e. The summed E-state index contributed by atoms with van der Waals surface area (Å²) < 4.78 is 5.12. The van der Waals surface area contributed by atoms with E-state index in [0.717, 1.165) is 4.47 Å². The van der Waals surface area contributed by atoms with Gasteiger partial charge in [0, 0.05) is 4.47 Å². The molecule has 1 aromatic rings. The fourth-order valence-corrected chi connectivity index (χ4v) is 0.863. The molecule has 0 saturated carbocycles. The summed E-state index contributed by atoms with van der Waals surface area (Å²) in [7, 11) is 0. The molecule has 57 valence electrons. The Labute approximate surface area is 71.7 Å². The second kappa shape index (κ2) is 3.39. The first-order valence-corrected chi connectivity index (χ1v) is 3.62. The highest BCUT2D eigenvalue weighted by molar-refractivity contribution is 9.10. The SMILES string of the molecule is [O]C(=O)Oc1ccc(Br)cc1. The second-order valence-electron chi connectivity index (χ2n) is 1.81. The Kier molecular flexibility index (Phi) is 2.48. The number of hydrogen-bond donors (Lipinski definition) is 0. The van der Waals surface area contributed by atoms with Crippen LogP contribution in [0, 0.1) is 0 Å². The molecule has 0 fully saturated rings. The Morgan fingerprint density at radius 3 is 2.27 bits per heavy atom. The quantitative estimate of drug-likeness (QED) is 0.534. The van der Waals surface area contributed by atoms with Gasteiger partial charge in [0.05, 0.1) is 0 Å². The minimum absolute atomic E-state index is 0.258. The highest BCUT2D eigenvalue weighted by Crippen LogP contribution is 2.15. The van der Waals surface area contributed by atoms with Crippen LogP contribution in [0.1, 0.15) is 0 Å². The molecule has 1 aromatic carbocycles. The van der Waals surface area contributed by atoms with Gasteiger partial charge in [0.15, 0.2) is 0 Å². The van der Waals surface area contributed by atoms with E-state index in [1.54, 1.807) is 12.1 Å². The van der Waals surface area contributed by atoms with Gasteiger partial charge >= 0.3 is 6.16 Å². The van der Waals surface area contributed by atoms with Crippen LogP contribution in [-0.2, 0) is 5.11 Å². The van der Waals surface area contributed by atoms with Gasteiger partial charge in [-0.25, -0.2) is 0 Å². The van der Waals surface area contributed by atoms with E-state index in [-0.39, 0.29) is 5.75 Å². The Balaban J connectivity index is 2.74. The van der Waals surface area contributed by atoms with Crippen LogP contribution in [-0.4, -0.2) is 6.16 Å². The zero-order chi connectivity index (χ0) is 8.27. The average molecular weight is 216 g/mol. The molecular formula is C7H4BrO3. The molecule has 0 N–H and O–H groups in total. The Morgan fingerprint density at radius 2 is 1.82 bits per heavy atom. The molecule has 0 bridgehead atoms. The average Bonchev–Trinajstić information content (AvgIpc) is 1.93. The summed E-state index contributed by atoms with van der Waals surface area (Å²) in [6.07, 6.45) is -1.55. The van der Waals surface area contributed by atoms with Crippen LogP contribution in [0.5, 0.6) is 5.75 Å². The lowest BCUT2D eigenvalue weighted by atomic mass is 10.3. The fraction of sp³-hybridized carbons (Fsp3) is 0. The number of hydrogen-bond acceptors (Lipinski definition) is 2. The molecule has 0 aromatic heterocycles. The molecule has 1 radical (unpaired) electrons. The van der Waals surface area contributed by atoms with Crippen LogP contribution in [0.15, 0.2) is 28.7 Å². The predicted molar refractivity (Wildman–Crippen MR) is 40.9 cm³/mol. The Bertz CT molecular complexity index is 255. The van der Waals surface area contributed by atoms with Gasteiger partial charge in [-0.2, -0.15) is 9.90 Å². The van der Waals surface area contributed by atoms with Crippen LogP contribution < -0.4 is 4.74 Å². The summed E-state index contributed by atoms with van der Waals surface area (Å²) in [4.78, 5) is 9.91. The zero-order valence-corrected chi connectivity index (χ0v) is 7.00. The molecule has 3 nitrogen and oxygen atoms in total. The smallest absolute Gasteiger partial charge is 0.392 e. The maximum absolute atomic E-state index is 9.91. The van der Waals surface area contributed by atoms with Crippen molar-refractivity contribution < 1.29 is 14.6 Å². The number of ether oxygens (including phenoxy) is 1. The molecule has 11 heavy (non-hydrogen) atoms. The molecule has 0 aliphatic carbocycles. The maximum Gasteiger partial charge on any atom is 0.555 e. The lowest BCUT2D eigenvalue weighted by Crippen LogP contribution is -2.00. The summed E-state index contributed by atoms with van der Waals surface area (Å²) in [5.74, 6) is 0.258. The third kappa shape index (κ3) is 2.59. The minimum atomic E-state index is -1.55. The molecule has 0 aliphatic heterocycles. The van der Waals surface area contributed by atoms with Crippen molar-refractivity contribution in [2.75, 3.05) is 0 Å². The molecule has 4 heteroatoms. The van der Waals surface area contributed by atoms with Crippen molar-refractivity contribution in [3.8, 4) is 5.75 Å². The van der Waals surface area contributed by atoms with Gasteiger partial charge in [-0.05, 0) is 24.3 Å². The second-order valence-corrected chi connectivity index (χ2v) is 2.72. The van der Waals surface area contributed by atoms with E-state index in [4.69, 9.17) is 0 Å². The van der Waals surface area contributed by atoms with E-state index in [1.165, 1.54) is 12.1 Å². The summed E-state index contributed by atoms with van der Waals surface area (Å²) in [5, 5.41) is 9.91. The van der Waals surface area contributed by atoms with Crippen molar-refractivity contribution in [2.45, 2.75) is 0 Å². The van der Waals surface area contributed by atoms with E-state index in [2.05, 4.69) is 20.7 Å². The van der Waals surface area contributed by atoms with Crippen molar-refractivity contribution in [1.29, 1.82) is 0 Å². The van der Waals surface area contributed by atoms with E-state index >= 15 is 0 Å². The van der Waals surface area contributed by atoms with Gasteiger partial charge in [-0.3, -0.25) is 0 Å². The molecule has 1 rings (SSSR count). The van der Waals surface area contributed by atoms with Crippen LogP contribution in [0.2, 0.25) is 0 Å². The standard InChI is InChI=1S/C7H4BrO3/c8-5-1-3-6(4-2-5)11-7(9)10/h1-4H. The van der Waals surface area contributed by atoms with Crippen molar-refractivity contribution in [2.24, 2.45) is 0 Å². The van der Waals surface area contributed by atoms with Crippen LogP contribution >= 0.6 is 15.9 Å². The molecule has 0 atom stereocenters. The lowest BCUT2D eigenvalue weighted by Gasteiger charge is -1.96. The molecule has 0 aliphatic rings. The van der Waals surface area contributed by atoms with E-state index in [9.17, 15) is 9.90 Å². The number of carbonyl (C=O) groups excluding carboxylic acids is 1. The van der Waals surface area contributed by atoms with Gasteiger partial charge in [0.1, 0.15) is 5.75 Å². The van der Waals surface area contributed by atoms with E-state index < -0.39 is 6.16 Å². The molecule has 0 spiro atoms.